The molecule has 0 aromatic heterocycles. The van der Waals surface area contributed by atoms with Crippen molar-refractivity contribution in [3.8, 4) is 5.75 Å². The highest BCUT2D eigenvalue weighted by atomic mass is 16.5. The molecule has 108 valence electrons. The molecule has 0 aliphatic heterocycles. The molecule has 1 rings (SSSR count). The largest absolute Gasteiger partial charge is 0.496 e. The van der Waals surface area contributed by atoms with Crippen molar-refractivity contribution in [1.29, 1.82) is 0 Å². The summed E-state index contributed by atoms with van der Waals surface area (Å²) in [5.41, 5.74) is 1.28. The molecule has 0 fully saturated rings. The van der Waals surface area contributed by atoms with Gasteiger partial charge in [0.25, 0.3) is 0 Å². The molecular formula is C16H28N2O. The highest BCUT2D eigenvalue weighted by Gasteiger charge is 2.11. The highest BCUT2D eigenvalue weighted by Crippen LogP contribution is 2.19. The Bertz CT molecular complexity index is 350. The van der Waals surface area contributed by atoms with Gasteiger partial charge in [-0.15, -0.1) is 0 Å². The van der Waals surface area contributed by atoms with E-state index in [1.807, 2.05) is 19.2 Å². The molecule has 1 atom stereocenters. The van der Waals surface area contributed by atoms with Crippen LogP contribution in [0, 0.1) is 0 Å². The van der Waals surface area contributed by atoms with Gasteiger partial charge in [0.1, 0.15) is 5.75 Å². The number of nitrogens with one attached hydrogen (secondary N) is 1. The van der Waals surface area contributed by atoms with Gasteiger partial charge in [-0.2, -0.15) is 0 Å². The van der Waals surface area contributed by atoms with Crippen molar-refractivity contribution in [2.24, 2.45) is 0 Å². The van der Waals surface area contributed by atoms with Gasteiger partial charge >= 0.3 is 0 Å². The van der Waals surface area contributed by atoms with Crippen molar-refractivity contribution in [1.82, 2.24) is 10.2 Å². The normalized spacial score (nSPS) is 12.7. The van der Waals surface area contributed by atoms with E-state index in [0.717, 1.165) is 38.2 Å². The average molecular weight is 264 g/mol. The Hall–Kier alpha value is -1.06. The molecule has 0 heterocycles. The van der Waals surface area contributed by atoms with Gasteiger partial charge in [-0.05, 0) is 51.2 Å². The SMILES string of the molecule is CCN(CC)CCC(Cc1ccccc1OC)NC. The molecule has 0 spiro atoms. The van der Waals surface area contributed by atoms with E-state index in [4.69, 9.17) is 4.74 Å². The lowest BCUT2D eigenvalue weighted by atomic mass is 10.0. The summed E-state index contributed by atoms with van der Waals surface area (Å²) in [7, 11) is 3.78. The molecule has 3 nitrogen and oxygen atoms in total. The third kappa shape index (κ3) is 5.21. The maximum Gasteiger partial charge on any atom is 0.122 e. The minimum atomic E-state index is 0.497. The molecule has 19 heavy (non-hydrogen) atoms. The monoisotopic (exact) mass is 264 g/mol. The van der Waals surface area contributed by atoms with E-state index in [2.05, 4.69) is 36.2 Å². The van der Waals surface area contributed by atoms with E-state index in [0.29, 0.717) is 6.04 Å². The molecule has 0 saturated heterocycles. The van der Waals surface area contributed by atoms with Gasteiger partial charge in [-0.25, -0.2) is 0 Å². The minimum Gasteiger partial charge on any atom is -0.496 e. The number of hydrogen-bond acceptors (Lipinski definition) is 3. The predicted molar refractivity (Wildman–Crippen MR) is 82.0 cm³/mol. The van der Waals surface area contributed by atoms with Gasteiger partial charge in [0.2, 0.25) is 0 Å². The summed E-state index contributed by atoms with van der Waals surface area (Å²) < 4.78 is 5.42. The van der Waals surface area contributed by atoms with Crippen LogP contribution in [0.2, 0.25) is 0 Å². The van der Waals surface area contributed by atoms with Crippen LogP contribution in [0.15, 0.2) is 24.3 Å². The molecule has 0 amide bonds. The van der Waals surface area contributed by atoms with Crippen molar-refractivity contribution < 1.29 is 4.74 Å². The summed E-state index contributed by atoms with van der Waals surface area (Å²) >= 11 is 0. The zero-order chi connectivity index (χ0) is 14.1. The summed E-state index contributed by atoms with van der Waals surface area (Å²) in [5, 5.41) is 3.42. The number of ether oxygens (including phenoxy) is 1. The zero-order valence-electron chi connectivity index (χ0n) is 12.8. The molecule has 1 unspecified atom stereocenters. The van der Waals surface area contributed by atoms with E-state index in [9.17, 15) is 0 Å². The zero-order valence-corrected chi connectivity index (χ0v) is 12.8. The fourth-order valence-electron chi connectivity index (χ4n) is 2.36. The molecule has 0 aliphatic carbocycles. The van der Waals surface area contributed by atoms with Crippen molar-refractivity contribution in [2.45, 2.75) is 32.7 Å². The number of hydrogen-bond donors (Lipinski definition) is 1. The van der Waals surface area contributed by atoms with E-state index in [-0.39, 0.29) is 0 Å². The molecule has 0 radical (unpaired) electrons. The van der Waals surface area contributed by atoms with Crippen LogP contribution >= 0.6 is 0 Å². The lowest BCUT2D eigenvalue weighted by Gasteiger charge is -2.23. The third-order valence-corrected chi connectivity index (χ3v) is 3.76. The molecule has 0 bridgehead atoms. The van der Waals surface area contributed by atoms with Gasteiger partial charge in [-0.1, -0.05) is 32.0 Å². The summed E-state index contributed by atoms with van der Waals surface area (Å²) in [6, 6.07) is 8.78. The maximum absolute atomic E-state index is 5.42. The average Bonchev–Trinajstić information content (AvgIpc) is 2.47. The lowest BCUT2D eigenvalue weighted by Crippen LogP contribution is -2.34. The number of likely N-dealkylation sites (N-methyl/N-ethyl adjacent to an activating group) is 1. The highest BCUT2D eigenvalue weighted by molar-refractivity contribution is 5.33. The summed E-state index contributed by atoms with van der Waals surface area (Å²) in [5.74, 6) is 0.991. The van der Waals surface area contributed by atoms with Gasteiger partial charge in [0.15, 0.2) is 0 Å². The molecular weight excluding hydrogens is 236 g/mol. The van der Waals surface area contributed by atoms with Crippen molar-refractivity contribution >= 4 is 0 Å². The van der Waals surface area contributed by atoms with Gasteiger partial charge in [0, 0.05) is 6.04 Å². The summed E-state index contributed by atoms with van der Waals surface area (Å²) in [4.78, 5) is 2.46. The summed E-state index contributed by atoms with van der Waals surface area (Å²) in [6.45, 7) is 7.84. The molecule has 1 aromatic rings. The Kier molecular flexibility index (Phi) is 7.53. The third-order valence-electron chi connectivity index (χ3n) is 3.76. The molecule has 0 aliphatic rings. The Morgan fingerprint density at radius 2 is 1.89 bits per heavy atom. The van der Waals surface area contributed by atoms with Gasteiger partial charge < -0.3 is 15.0 Å². The maximum atomic E-state index is 5.42. The van der Waals surface area contributed by atoms with Crippen LogP contribution in [0.5, 0.6) is 5.75 Å². The standard InChI is InChI=1S/C16H28N2O/c1-5-18(6-2)12-11-15(17-3)13-14-9-7-8-10-16(14)19-4/h7-10,15,17H,5-6,11-13H2,1-4H3. The Morgan fingerprint density at radius 3 is 2.47 bits per heavy atom. The first-order valence-electron chi connectivity index (χ1n) is 7.26. The van der Waals surface area contributed by atoms with Gasteiger partial charge in [-0.3, -0.25) is 0 Å². The molecule has 0 saturated carbocycles. The van der Waals surface area contributed by atoms with Crippen LogP contribution < -0.4 is 10.1 Å². The topological polar surface area (TPSA) is 24.5 Å². The second-order valence-electron chi connectivity index (χ2n) is 4.82. The number of rotatable bonds is 9. The quantitative estimate of drug-likeness (QED) is 0.742. The second kappa shape index (κ2) is 8.94. The smallest absolute Gasteiger partial charge is 0.122 e. The molecule has 3 heteroatoms. The van der Waals surface area contributed by atoms with Crippen LogP contribution in [0.25, 0.3) is 0 Å². The summed E-state index contributed by atoms with van der Waals surface area (Å²) in [6.07, 6.45) is 2.18. The van der Waals surface area contributed by atoms with E-state index >= 15 is 0 Å². The van der Waals surface area contributed by atoms with E-state index in [1.165, 1.54) is 5.56 Å². The lowest BCUT2D eigenvalue weighted by molar-refractivity contribution is 0.282. The van der Waals surface area contributed by atoms with Crippen molar-refractivity contribution in [2.75, 3.05) is 33.8 Å². The number of benzene rings is 1. The number of methoxy groups -OCH3 is 1. The van der Waals surface area contributed by atoms with Crippen LogP contribution in [0.1, 0.15) is 25.8 Å². The number of nitrogens with zero attached hydrogens (tertiary/aromatic N) is 1. The van der Waals surface area contributed by atoms with Crippen LogP contribution in [-0.4, -0.2) is 44.7 Å². The first-order chi connectivity index (χ1) is 9.24. The first-order valence-corrected chi connectivity index (χ1v) is 7.26. The fraction of sp³-hybridized carbons (Fsp3) is 0.625. The van der Waals surface area contributed by atoms with E-state index < -0.39 is 0 Å². The van der Waals surface area contributed by atoms with Crippen LogP contribution in [0.3, 0.4) is 0 Å². The number of para-hydroxylation sites is 1. The Balaban J connectivity index is 2.56. The second-order valence-corrected chi connectivity index (χ2v) is 4.82. The Labute approximate surface area is 118 Å². The molecule has 1 aromatic carbocycles. The Morgan fingerprint density at radius 1 is 1.21 bits per heavy atom. The van der Waals surface area contributed by atoms with Crippen LogP contribution in [-0.2, 0) is 6.42 Å². The van der Waals surface area contributed by atoms with Crippen LogP contribution in [0.4, 0.5) is 0 Å². The minimum absolute atomic E-state index is 0.497. The first kappa shape index (κ1) is 16.0. The van der Waals surface area contributed by atoms with Crippen molar-refractivity contribution in [3.05, 3.63) is 29.8 Å². The van der Waals surface area contributed by atoms with E-state index in [1.54, 1.807) is 7.11 Å². The fourth-order valence-corrected chi connectivity index (χ4v) is 2.36. The molecule has 1 N–H and O–H groups in total. The predicted octanol–water partition coefficient (Wildman–Crippen LogP) is 2.56. The van der Waals surface area contributed by atoms with Gasteiger partial charge in [0.05, 0.1) is 7.11 Å². The van der Waals surface area contributed by atoms with Crippen molar-refractivity contribution in [3.63, 3.8) is 0 Å².